The molecule has 0 aliphatic carbocycles. The Morgan fingerprint density at radius 1 is 1.58 bits per heavy atom. The Labute approximate surface area is 68.8 Å². The van der Waals surface area contributed by atoms with Crippen LogP contribution in [0.4, 0.5) is 8.78 Å². The molecule has 0 spiro atoms. The molecule has 0 aromatic heterocycles. The largest absolute Gasteiger partial charge is 0.750 e. The van der Waals surface area contributed by atoms with Crippen LogP contribution in [0.1, 0.15) is 0 Å². The Bertz CT molecular complexity index is 269. The predicted molar refractivity (Wildman–Crippen MR) is 31.4 cm³/mol. The Morgan fingerprint density at radius 3 is 2.25 bits per heavy atom. The van der Waals surface area contributed by atoms with E-state index in [9.17, 15) is 26.0 Å². The van der Waals surface area contributed by atoms with Gasteiger partial charge in [-0.1, -0.05) is 0 Å². The number of hydrogen-bond donors (Lipinski definition) is 1. The van der Waals surface area contributed by atoms with Crippen LogP contribution in [0.2, 0.25) is 0 Å². The minimum Gasteiger partial charge on any atom is -0.750 e. The van der Waals surface area contributed by atoms with E-state index >= 15 is 0 Å². The van der Waals surface area contributed by atoms with Gasteiger partial charge >= 0.3 is 15.4 Å². The molecule has 0 saturated heterocycles. The molecule has 1 unspecified atom stereocenters. The summed E-state index contributed by atoms with van der Waals surface area (Å²) in [5.74, 6) is 0. The summed E-state index contributed by atoms with van der Waals surface area (Å²) >= 11 is -3.25. The lowest BCUT2D eigenvalue weighted by Crippen LogP contribution is -2.33. The first-order valence-corrected chi connectivity index (χ1v) is 4.68. The number of halogens is 2. The zero-order chi connectivity index (χ0) is 9.99. The van der Waals surface area contributed by atoms with Gasteiger partial charge in [-0.15, -0.1) is 0 Å². The lowest BCUT2D eigenvalue weighted by molar-refractivity contribution is 0.0302. The summed E-state index contributed by atoms with van der Waals surface area (Å²) in [6, 6.07) is 0. The molecule has 1 atom stereocenters. The summed E-state index contributed by atoms with van der Waals surface area (Å²) in [6.07, 6.45) is 0. The molecule has 0 aliphatic rings. The maximum atomic E-state index is 12.1. The molecule has 0 aromatic rings. The van der Waals surface area contributed by atoms with Crippen molar-refractivity contribution in [3.05, 3.63) is 0 Å². The third kappa shape index (κ3) is 3.49. The highest BCUT2D eigenvalue weighted by Gasteiger charge is 2.44. The van der Waals surface area contributed by atoms with E-state index < -0.39 is 33.3 Å². The second-order valence-electron chi connectivity index (χ2n) is 1.58. The van der Waals surface area contributed by atoms with E-state index in [-0.39, 0.29) is 0 Å². The molecule has 74 valence electrons. The Kier molecular flexibility index (Phi) is 3.65. The highest BCUT2D eigenvalue weighted by molar-refractivity contribution is 7.86. The second-order valence-corrected chi connectivity index (χ2v) is 3.77. The van der Waals surface area contributed by atoms with E-state index in [2.05, 4.69) is 4.18 Å². The smallest absolute Gasteiger partial charge is 0.393 e. The summed E-state index contributed by atoms with van der Waals surface area (Å²) in [4.78, 5) is 0. The van der Waals surface area contributed by atoms with Crippen LogP contribution in [-0.4, -0.2) is 33.6 Å². The molecule has 0 aromatic carbocycles. The molecular formula is C2H3F2O6S2-. The van der Waals surface area contributed by atoms with Gasteiger partial charge in [-0.3, -0.25) is 8.74 Å². The molecule has 0 bridgehead atoms. The van der Waals surface area contributed by atoms with Crippen molar-refractivity contribution in [2.75, 3.05) is 6.61 Å². The van der Waals surface area contributed by atoms with Crippen molar-refractivity contribution in [3.8, 4) is 0 Å². The van der Waals surface area contributed by atoms with Crippen LogP contribution >= 0.6 is 0 Å². The first kappa shape index (κ1) is 11.8. The first-order valence-electron chi connectivity index (χ1n) is 2.24. The van der Waals surface area contributed by atoms with E-state index in [1.54, 1.807) is 0 Å². The molecule has 0 saturated carbocycles. The number of alkyl halides is 2. The molecule has 0 radical (unpaired) electrons. The highest BCUT2D eigenvalue weighted by atomic mass is 32.2. The maximum absolute atomic E-state index is 12.1. The van der Waals surface area contributed by atoms with Gasteiger partial charge in [0.15, 0.2) is 0 Å². The molecule has 6 nitrogen and oxygen atoms in total. The quantitative estimate of drug-likeness (QED) is 0.500. The molecule has 10 heteroatoms. The van der Waals surface area contributed by atoms with Crippen LogP contribution < -0.4 is 0 Å². The SMILES string of the molecule is O=S([O-])OCC(F)(F)S(=O)(=O)O. The fourth-order valence-electron chi connectivity index (χ4n) is 0.191. The van der Waals surface area contributed by atoms with E-state index in [4.69, 9.17) is 4.55 Å². The van der Waals surface area contributed by atoms with Crippen LogP contribution in [0.25, 0.3) is 0 Å². The summed E-state index contributed by atoms with van der Waals surface area (Å²) in [6.45, 7) is -1.94. The van der Waals surface area contributed by atoms with Gasteiger partial charge in [0.25, 0.3) is 0 Å². The molecule has 1 N–H and O–H groups in total. The summed E-state index contributed by atoms with van der Waals surface area (Å²) < 4.78 is 73.8. The van der Waals surface area contributed by atoms with Crippen LogP contribution in [0.15, 0.2) is 0 Å². The lowest BCUT2D eigenvalue weighted by atomic mass is 10.8. The standard InChI is InChI=1S/C2H4F2O6S2/c3-2(4,12(7,8)9)1-10-11(5)6/h1H2,(H,5,6)(H,7,8,9)/p-1. The average Bonchev–Trinajstić information content (AvgIpc) is 1.81. The number of hydrogen-bond acceptors (Lipinski definition) is 5. The van der Waals surface area contributed by atoms with Gasteiger partial charge in [0.2, 0.25) is 0 Å². The molecule has 0 fully saturated rings. The summed E-state index contributed by atoms with van der Waals surface area (Å²) in [5, 5.41) is -4.62. The third-order valence-electron chi connectivity index (χ3n) is 0.701. The van der Waals surface area contributed by atoms with E-state index in [1.165, 1.54) is 0 Å². The fraction of sp³-hybridized carbons (Fsp3) is 1.00. The molecule has 0 rings (SSSR count). The Morgan fingerprint density at radius 2 is 2.00 bits per heavy atom. The van der Waals surface area contributed by atoms with Gasteiger partial charge in [-0.05, 0) is 0 Å². The van der Waals surface area contributed by atoms with Crippen molar-refractivity contribution in [2.24, 2.45) is 0 Å². The molecule has 0 amide bonds. The van der Waals surface area contributed by atoms with Crippen molar-refractivity contribution < 1.29 is 34.7 Å². The molecule has 0 aliphatic heterocycles. The lowest BCUT2D eigenvalue weighted by Gasteiger charge is -2.13. The van der Waals surface area contributed by atoms with Gasteiger partial charge in [0.05, 0.1) is 11.4 Å². The van der Waals surface area contributed by atoms with Gasteiger partial charge in [-0.25, -0.2) is 4.21 Å². The second kappa shape index (κ2) is 3.70. The van der Waals surface area contributed by atoms with Crippen molar-refractivity contribution in [3.63, 3.8) is 0 Å². The number of rotatable bonds is 4. The van der Waals surface area contributed by atoms with Gasteiger partial charge < -0.3 is 4.55 Å². The van der Waals surface area contributed by atoms with Crippen molar-refractivity contribution >= 4 is 21.5 Å². The summed E-state index contributed by atoms with van der Waals surface area (Å²) in [7, 11) is -5.63. The monoisotopic (exact) mass is 225 g/mol. The average molecular weight is 225 g/mol. The van der Waals surface area contributed by atoms with Crippen LogP contribution in [-0.2, 0) is 25.7 Å². The molecular weight excluding hydrogens is 222 g/mol. The van der Waals surface area contributed by atoms with Crippen LogP contribution in [0.5, 0.6) is 0 Å². The van der Waals surface area contributed by atoms with Gasteiger partial charge in [0.1, 0.15) is 6.61 Å². The van der Waals surface area contributed by atoms with E-state index in [0.717, 1.165) is 0 Å². The van der Waals surface area contributed by atoms with E-state index in [1.807, 2.05) is 0 Å². The Balaban J connectivity index is 4.35. The van der Waals surface area contributed by atoms with Crippen molar-refractivity contribution in [2.45, 2.75) is 5.25 Å². The Hall–Kier alpha value is -0.160. The topological polar surface area (TPSA) is 104 Å². The fourth-order valence-corrected chi connectivity index (χ4v) is 0.718. The first-order chi connectivity index (χ1) is 5.17. The summed E-state index contributed by atoms with van der Waals surface area (Å²) in [5.41, 5.74) is 0. The zero-order valence-electron chi connectivity index (χ0n) is 5.27. The molecule has 12 heavy (non-hydrogen) atoms. The third-order valence-corrected chi connectivity index (χ3v) is 1.88. The highest BCUT2D eigenvalue weighted by Crippen LogP contribution is 2.20. The van der Waals surface area contributed by atoms with Crippen molar-refractivity contribution in [1.82, 2.24) is 0 Å². The van der Waals surface area contributed by atoms with E-state index in [0.29, 0.717) is 0 Å². The van der Waals surface area contributed by atoms with Gasteiger partial charge in [0, 0.05) is 0 Å². The molecule has 0 heterocycles. The van der Waals surface area contributed by atoms with Crippen LogP contribution in [0.3, 0.4) is 0 Å². The maximum Gasteiger partial charge on any atom is 0.393 e. The van der Waals surface area contributed by atoms with Crippen molar-refractivity contribution in [1.29, 1.82) is 0 Å². The normalized spacial score (nSPS) is 16.0. The van der Waals surface area contributed by atoms with Gasteiger partial charge in [-0.2, -0.15) is 17.2 Å². The predicted octanol–water partition coefficient (Wildman–Crippen LogP) is -0.722. The zero-order valence-corrected chi connectivity index (χ0v) is 6.90. The minimum absolute atomic E-state index is 1.94. The van der Waals surface area contributed by atoms with Crippen LogP contribution in [0, 0.1) is 0 Å². The minimum atomic E-state index is -5.63.